The van der Waals surface area contributed by atoms with E-state index in [9.17, 15) is 18.0 Å². The summed E-state index contributed by atoms with van der Waals surface area (Å²) in [6.45, 7) is 3.29. The molecule has 0 aromatic carbocycles. The Balaban J connectivity index is 1.59. The number of carbonyl (C=O) groups excluding carboxylic acids is 1. The van der Waals surface area contributed by atoms with Crippen LogP contribution in [0.3, 0.4) is 0 Å². The van der Waals surface area contributed by atoms with Crippen LogP contribution < -0.4 is 5.32 Å². The Morgan fingerprint density at radius 3 is 2.57 bits per heavy atom. The number of pyridine rings is 1. The van der Waals surface area contributed by atoms with E-state index in [1.807, 2.05) is 0 Å². The minimum absolute atomic E-state index is 0.0596. The van der Waals surface area contributed by atoms with E-state index in [2.05, 4.69) is 20.6 Å². The number of nitrogens with zero attached hydrogens (tertiary/aromatic N) is 4. The molecule has 0 atom stereocenters. The van der Waals surface area contributed by atoms with Crippen molar-refractivity contribution in [2.75, 3.05) is 5.32 Å². The van der Waals surface area contributed by atoms with E-state index in [4.69, 9.17) is 4.52 Å². The monoisotopic (exact) mass is 391 g/mol. The lowest BCUT2D eigenvalue weighted by Gasteiger charge is -2.08. The van der Waals surface area contributed by atoms with E-state index in [0.717, 1.165) is 18.9 Å². The van der Waals surface area contributed by atoms with Crippen LogP contribution in [-0.4, -0.2) is 25.8 Å². The Kier molecular flexibility index (Phi) is 4.20. The second kappa shape index (κ2) is 6.47. The van der Waals surface area contributed by atoms with Crippen molar-refractivity contribution in [3.05, 3.63) is 52.8 Å². The fourth-order valence-electron chi connectivity index (χ4n) is 2.97. The van der Waals surface area contributed by atoms with Gasteiger partial charge in [-0.05, 0) is 44.9 Å². The Bertz CT molecular complexity index is 1010. The van der Waals surface area contributed by atoms with Crippen LogP contribution in [0.25, 0.3) is 5.82 Å². The first kappa shape index (κ1) is 18.2. The summed E-state index contributed by atoms with van der Waals surface area (Å²) >= 11 is 0. The van der Waals surface area contributed by atoms with Gasteiger partial charge in [0.2, 0.25) is 0 Å². The molecule has 1 aliphatic rings. The van der Waals surface area contributed by atoms with E-state index in [1.54, 1.807) is 19.9 Å². The summed E-state index contributed by atoms with van der Waals surface area (Å²) in [4.78, 5) is 16.5. The number of aromatic nitrogens is 4. The van der Waals surface area contributed by atoms with Gasteiger partial charge in [0.1, 0.15) is 11.3 Å². The van der Waals surface area contributed by atoms with Crippen LogP contribution in [0, 0.1) is 13.8 Å². The summed E-state index contributed by atoms with van der Waals surface area (Å²) in [6, 6.07) is 4.15. The van der Waals surface area contributed by atoms with Crippen LogP contribution in [0.15, 0.2) is 28.9 Å². The van der Waals surface area contributed by atoms with Gasteiger partial charge in [-0.25, -0.2) is 9.67 Å². The summed E-state index contributed by atoms with van der Waals surface area (Å²) in [5.41, 5.74) is 0.746. The third-order valence-corrected chi connectivity index (χ3v) is 4.51. The zero-order valence-corrected chi connectivity index (χ0v) is 15.0. The van der Waals surface area contributed by atoms with Crippen LogP contribution in [-0.2, 0) is 6.18 Å². The average Bonchev–Trinajstić information content (AvgIpc) is 3.28. The standard InChI is InChI=1S/C18H16F3N5O2/c1-9-16(10(2)28-25-9)17(27)23-12-5-6-15(22-8-12)26-13(11-3-4-11)7-14(24-26)18(19,20)21/h5-8,11H,3-4H2,1-2H3,(H,23,27). The van der Waals surface area contributed by atoms with Gasteiger partial charge in [0, 0.05) is 11.6 Å². The molecule has 28 heavy (non-hydrogen) atoms. The third-order valence-electron chi connectivity index (χ3n) is 4.51. The normalized spacial score (nSPS) is 14.3. The number of amides is 1. The average molecular weight is 391 g/mol. The molecular weight excluding hydrogens is 375 g/mol. The van der Waals surface area contributed by atoms with Crippen LogP contribution in [0.2, 0.25) is 0 Å². The van der Waals surface area contributed by atoms with Crippen LogP contribution in [0.5, 0.6) is 0 Å². The van der Waals surface area contributed by atoms with Crippen LogP contribution in [0.1, 0.15) is 52.0 Å². The number of aryl methyl sites for hydroxylation is 2. The van der Waals surface area contributed by atoms with Gasteiger partial charge in [0.15, 0.2) is 11.5 Å². The van der Waals surface area contributed by atoms with Gasteiger partial charge >= 0.3 is 6.18 Å². The lowest BCUT2D eigenvalue weighted by atomic mass is 10.2. The molecule has 0 bridgehead atoms. The van der Waals surface area contributed by atoms with Crippen molar-refractivity contribution in [2.24, 2.45) is 0 Å². The maximum Gasteiger partial charge on any atom is 0.435 e. The predicted molar refractivity (Wildman–Crippen MR) is 92.3 cm³/mol. The number of rotatable bonds is 4. The first-order chi connectivity index (χ1) is 13.2. The lowest BCUT2D eigenvalue weighted by molar-refractivity contribution is -0.141. The Labute approximate surface area is 157 Å². The van der Waals surface area contributed by atoms with Gasteiger partial charge in [0.05, 0.1) is 17.6 Å². The molecule has 1 N–H and O–H groups in total. The maximum absolute atomic E-state index is 13.0. The van der Waals surface area contributed by atoms with E-state index in [-0.39, 0.29) is 11.7 Å². The van der Waals surface area contributed by atoms with Gasteiger partial charge in [0.25, 0.3) is 5.91 Å². The number of hydrogen-bond acceptors (Lipinski definition) is 5. The molecule has 0 aliphatic heterocycles. The predicted octanol–water partition coefficient (Wildman–Crippen LogP) is 4.02. The molecule has 3 aromatic rings. The number of nitrogens with one attached hydrogen (secondary N) is 1. The largest absolute Gasteiger partial charge is 0.435 e. The first-order valence-electron chi connectivity index (χ1n) is 8.62. The molecular formula is C18H16F3N5O2. The molecule has 4 rings (SSSR count). The Morgan fingerprint density at radius 2 is 2.04 bits per heavy atom. The second-order valence-corrected chi connectivity index (χ2v) is 6.70. The van der Waals surface area contributed by atoms with E-state index < -0.39 is 17.8 Å². The molecule has 0 unspecified atom stereocenters. The molecule has 0 radical (unpaired) electrons. The van der Waals surface area contributed by atoms with E-state index >= 15 is 0 Å². The molecule has 10 heteroatoms. The SMILES string of the molecule is Cc1noc(C)c1C(=O)Nc1ccc(-n2nc(C(F)(F)F)cc2C2CC2)nc1. The summed E-state index contributed by atoms with van der Waals surface area (Å²) in [5.74, 6) is 0.310. The second-order valence-electron chi connectivity index (χ2n) is 6.70. The zero-order valence-electron chi connectivity index (χ0n) is 15.0. The molecule has 0 saturated heterocycles. The smallest absolute Gasteiger partial charge is 0.361 e. The van der Waals surface area contributed by atoms with Crippen molar-refractivity contribution in [1.29, 1.82) is 0 Å². The molecule has 3 aromatic heterocycles. The number of anilines is 1. The van der Waals surface area contributed by atoms with Gasteiger partial charge in [-0.2, -0.15) is 18.3 Å². The van der Waals surface area contributed by atoms with E-state index in [1.165, 1.54) is 16.9 Å². The van der Waals surface area contributed by atoms with Gasteiger partial charge in [-0.3, -0.25) is 4.79 Å². The van der Waals surface area contributed by atoms with Crippen molar-refractivity contribution >= 4 is 11.6 Å². The van der Waals surface area contributed by atoms with Gasteiger partial charge in [-0.15, -0.1) is 0 Å². The highest BCUT2D eigenvalue weighted by molar-refractivity contribution is 6.05. The highest BCUT2D eigenvalue weighted by atomic mass is 19.4. The molecule has 3 heterocycles. The number of halogens is 3. The summed E-state index contributed by atoms with van der Waals surface area (Å²) in [7, 11) is 0. The fraction of sp³-hybridized carbons (Fsp3) is 0.333. The van der Waals surface area contributed by atoms with Crippen molar-refractivity contribution in [3.8, 4) is 5.82 Å². The molecule has 1 amide bonds. The van der Waals surface area contributed by atoms with Crippen molar-refractivity contribution < 1.29 is 22.5 Å². The topological polar surface area (TPSA) is 85.8 Å². The van der Waals surface area contributed by atoms with Crippen LogP contribution >= 0.6 is 0 Å². The summed E-state index contributed by atoms with van der Waals surface area (Å²) in [5, 5.41) is 10.1. The minimum atomic E-state index is -4.52. The zero-order chi connectivity index (χ0) is 20.1. The molecule has 146 valence electrons. The lowest BCUT2D eigenvalue weighted by Crippen LogP contribution is -2.14. The number of hydrogen-bond donors (Lipinski definition) is 1. The summed E-state index contributed by atoms with van der Waals surface area (Å²) in [6.07, 6.45) is -1.49. The van der Waals surface area contributed by atoms with E-state index in [0.29, 0.717) is 28.4 Å². The van der Waals surface area contributed by atoms with Crippen molar-refractivity contribution in [3.63, 3.8) is 0 Å². The molecule has 1 aliphatic carbocycles. The van der Waals surface area contributed by atoms with Crippen molar-refractivity contribution in [2.45, 2.75) is 38.8 Å². The minimum Gasteiger partial charge on any atom is -0.361 e. The highest BCUT2D eigenvalue weighted by Crippen LogP contribution is 2.42. The fourth-order valence-corrected chi connectivity index (χ4v) is 2.97. The molecule has 1 fully saturated rings. The molecule has 1 saturated carbocycles. The van der Waals surface area contributed by atoms with Crippen molar-refractivity contribution in [1.82, 2.24) is 19.9 Å². The van der Waals surface area contributed by atoms with Crippen LogP contribution in [0.4, 0.5) is 18.9 Å². The molecule has 7 nitrogen and oxygen atoms in total. The highest BCUT2D eigenvalue weighted by Gasteiger charge is 2.38. The Morgan fingerprint density at radius 1 is 1.29 bits per heavy atom. The quantitative estimate of drug-likeness (QED) is 0.726. The van der Waals surface area contributed by atoms with Gasteiger partial charge in [-0.1, -0.05) is 5.16 Å². The first-order valence-corrected chi connectivity index (χ1v) is 8.62. The summed E-state index contributed by atoms with van der Waals surface area (Å²) < 4.78 is 45.3. The number of alkyl halides is 3. The van der Waals surface area contributed by atoms with Gasteiger partial charge < -0.3 is 9.84 Å². The Hall–Kier alpha value is -3.17. The number of carbonyl (C=O) groups is 1. The third kappa shape index (κ3) is 3.37. The molecule has 0 spiro atoms. The maximum atomic E-state index is 13.0.